The summed E-state index contributed by atoms with van der Waals surface area (Å²) in [5, 5.41) is 19.0. The Bertz CT molecular complexity index is 1340. The predicted molar refractivity (Wildman–Crippen MR) is 144 cm³/mol. The van der Waals surface area contributed by atoms with Gasteiger partial charge in [-0.15, -0.1) is 0 Å². The Morgan fingerprint density at radius 2 is 1.33 bits per heavy atom. The zero-order chi connectivity index (χ0) is 25.2. The zero-order valence-corrected chi connectivity index (χ0v) is 22.3. The van der Waals surface area contributed by atoms with Gasteiger partial charge in [0.15, 0.2) is 0 Å². The lowest BCUT2D eigenvalue weighted by Gasteiger charge is -2.24. The van der Waals surface area contributed by atoms with Crippen molar-refractivity contribution in [3.63, 3.8) is 0 Å². The number of halogens is 1. The molecule has 6 rings (SSSR count). The maximum atomic E-state index is 9.50. The molecule has 2 atom stereocenters. The molecule has 190 valence electrons. The molecule has 0 saturated carbocycles. The van der Waals surface area contributed by atoms with Gasteiger partial charge < -0.3 is 28.7 Å². The molecule has 0 spiro atoms. The van der Waals surface area contributed by atoms with Crippen LogP contribution in [0.1, 0.15) is 62.1 Å². The van der Waals surface area contributed by atoms with Gasteiger partial charge in [0.25, 0.3) is 0 Å². The Morgan fingerprint density at radius 3 is 1.86 bits per heavy atom. The molecule has 36 heavy (non-hydrogen) atoms. The number of ether oxygens (including phenoxy) is 2. The van der Waals surface area contributed by atoms with E-state index >= 15 is 0 Å². The standard InChI is InChI=1S/C13H17BN2O3.C13H15BrN2O/c1-9-5-6-10-13(12(9)14(17)18)15-8-16(10)11-4-2-3-7-19-11;1-9-5-6-10-13(12(9)14)15-8-16(10)11-4-2-3-7-17-11/h5-6,8,11,17-18H,2-4,7H2,1H3;5-6,8,11H,2-4,7H2,1H3. The highest BCUT2D eigenvalue weighted by atomic mass is 79.9. The lowest BCUT2D eigenvalue weighted by atomic mass is 9.76. The van der Waals surface area contributed by atoms with Gasteiger partial charge in [-0.25, -0.2) is 9.97 Å². The third-order valence-corrected chi connectivity index (χ3v) is 8.07. The molecule has 2 N–H and O–H groups in total. The second kappa shape index (κ2) is 11.0. The van der Waals surface area contributed by atoms with Crippen molar-refractivity contribution in [2.75, 3.05) is 13.2 Å². The van der Waals surface area contributed by atoms with Crippen molar-refractivity contribution in [3.05, 3.63) is 52.5 Å². The molecule has 2 unspecified atom stereocenters. The number of benzene rings is 2. The Balaban J connectivity index is 0.000000149. The highest BCUT2D eigenvalue weighted by Gasteiger charge is 2.23. The Labute approximate surface area is 219 Å². The van der Waals surface area contributed by atoms with Gasteiger partial charge in [0.1, 0.15) is 18.0 Å². The van der Waals surface area contributed by atoms with Crippen molar-refractivity contribution in [2.24, 2.45) is 0 Å². The van der Waals surface area contributed by atoms with E-state index in [1.165, 1.54) is 18.4 Å². The summed E-state index contributed by atoms with van der Waals surface area (Å²) >= 11 is 3.60. The van der Waals surface area contributed by atoms with Gasteiger partial charge in [-0.1, -0.05) is 12.1 Å². The molecule has 4 heterocycles. The van der Waals surface area contributed by atoms with Crippen LogP contribution in [0.4, 0.5) is 0 Å². The molecule has 0 amide bonds. The minimum atomic E-state index is -1.50. The van der Waals surface area contributed by atoms with E-state index in [1.807, 2.05) is 30.0 Å². The smallest absolute Gasteiger partial charge is 0.423 e. The van der Waals surface area contributed by atoms with E-state index in [4.69, 9.17) is 9.47 Å². The van der Waals surface area contributed by atoms with E-state index in [0.717, 1.165) is 65.5 Å². The van der Waals surface area contributed by atoms with Crippen LogP contribution in [0.15, 0.2) is 41.4 Å². The zero-order valence-electron chi connectivity index (χ0n) is 20.7. The number of fused-ring (bicyclic) bond motifs is 2. The Kier molecular flexibility index (Phi) is 7.78. The van der Waals surface area contributed by atoms with E-state index < -0.39 is 7.12 Å². The van der Waals surface area contributed by atoms with Gasteiger partial charge in [-0.3, -0.25) is 0 Å². The van der Waals surface area contributed by atoms with Gasteiger partial charge >= 0.3 is 7.12 Å². The fourth-order valence-electron chi connectivity index (χ4n) is 5.06. The molecule has 2 aromatic carbocycles. The molecule has 0 bridgehead atoms. The van der Waals surface area contributed by atoms with Crippen molar-refractivity contribution in [3.8, 4) is 0 Å². The molecule has 2 fully saturated rings. The van der Waals surface area contributed by atoms with Crippen LogP contribution in [0.3, 0.4) is 0 Å². The summed E-state index contributed by atoms with van der Waals surface area (Å²) in [5.74, 6) is 0. The van der Waals surface area contributed by atoms with Gasteiger partial charge in [0.2, 0.25) is 0 Å². The summed E-state index contributed by atoms with van der Waals surface area (Å²) in [4.78, 5) is 8.83. The topological polar surface area (TPSA) is 94.6 Å². The minimum Gasteiger partial charge on any atom is -0.423 e. The van der Waals surface area contributed by atoms with Crippen LogP contribution >= 0.6 is 15.9 Å². The molecule has 0 aliphatic carbocycles. The van der Waals surface area contributed by atoms with E-state index in [0.29, 0.717) is 11.0 Å². The fraction of sp³-hybridized carbons (Fsp3) is 0.462. The number of hydrogen-bond donors (Lipinski definition) is 2. The molecule has 4 aromatic rings. The number of nitrogens with zero attached hydrogens (tertiary/aromatic N) is 4. The molecule has 2 aromatic heterocycles. The minimum absolute atomic E-state index is 0.00476. The molecule has 2 saturated heterocycles. The summed E-state index contributed by atoms with van der Waals surface area (Å²) in [5.41, 5.74) is 6.23. The van der Waals surface area contributed by atoms with Crippen molar-refractivity contribution >= 4 is 50.6 Å². The van der Waals surface area contributed by atoms with Crippen LogP contribution in [0.5, 0.6) is 0 Å². The van der Waals surface area contributed by atoms with E-state index in [-0.39, 0.29) is 12.5 Å². The largest absolute Gasteiger partial charge is 0.491 e. The van der Waals surface area contributed by atoms with Crippen LogP contribution in [-0.2, 0) is 9.47 Å². The van der Waals surface area contributed by atoms with Gasteiger partial charge in [-0.2, -0.15) is 0 Å². The second-order valence-corrected chi connectivity index (χ2v) is 10.3. The number of rotatable bonds is 3. The number of aromatic nitrogens is 4. The predicted octanol–water partition coefficient (Wildman–Crippen LogP) is 4.53. The molecular formula is C26H32BBrN4O4. The highest BCUT2D eigenvalue weighted by molar-refractivity contribution is 9.10. The van der Waals surface area contributed by atoms with Gasteiger partial charge in [0.05, 0.1) is 29.2 Å². The summed E-state index contributed by atoms with van der Waals surface area (Å²) in [6, 6.07) is 8.09. The maximum absolute atomic E-state index is 9.50. The fourth-order valence-corrected chi connectivity index (χ4v) is 5.50. The average Bonchev–Trinajstić information content (AvgIpc) is 3.52. The average molecular weight is 555 g/mol. The van der Waals surface area contributed by atoms with Crippen LogP contribution in [-0.4, -0.2) is 49.5 Å². The van der Waals surface area contributed by atoms with E-state index in [9.17, 15) is 10.0 Å². The quantitative estimate of drug-likeness (QED) is 0.361. The van der Waals surface area contributed by atoms with Crippen LogP contribution in [0.25, 0.3) is 22.1 Å². The summed E-state index contributed by atoms with van der Waals surface area (Å²) in [6.07, 6.45) is 10.5. The van der Waals surface area contributed by atoms with Crippen molar-refractivity contribution in [2.45, 2.75) is 64.8 Å². The van der Waals surface area contributed by atoms with Crippen LogP contribution < -0.4 is 5.46 Å². The lowest BCUT2D eigenvalue weighted by Crippen LogP contribution is -2.33. The summed E-state index contributed by atoms with van der Waals surface area (Å²) in [6.45, 7) is 5.56. The van der Waals surface area contributed by atoms with Gasteiger partial charge in [-0.05, 0) is 91.6 Å². The van der Waals surface area contributed by atoms with Crippen LogP contribution in [0.2, 0.25) is 0 Å². The normalized spacial score (nSPS) is 20.4. The monoisotopic (exact) mass is 554 g/mol. The molecule has 2 aliphatic heterocycles. The van der Waals surface area contributed by atoms with Gasteiger partial charge in [0, 0.05) is 23.1 Å². The third kappa shape index (κ3) is 4.97. The first-order valence-corrected chi connectivity index (χ1v) is 13.4. The highest BCUT2D eigenvalue weighted by Crippen LogP contribution is 2.31. The first-order chi connectivity index (χ1) is 17.5. The number of hydrogen-bond acceptors (Lipinski definition) is 6. The first kappa shape index (κ1) is 25.4. The Morgan fingerprint density at radius 1 is 0.806 bits per heavy atom. The van der Waals surface area contributed by atoms with Crippen molar-refractivity contribution in [1.29, 1.82) is 0 Å². The number of imidazole rings is 2. The Hall–Kier alpha value is -2.24. The van der Waals surface area contributed by atoms with E-state index in [1.54, 1.807) is 6.33 Å². The summed E-state index contributed by atoms with van der Waals surface area (Å²) in [7, 11) is -1.50. The van der Waals surface area contributed by atoms with Crippen molar-refractivity contribution in [1.82, 2.24) is 19.1 Å². The van der Waals surface area contributed by atoms with Crippen LogP contribution in [0, 0.1) is 13.8 Å². The molecule has 8 nitrogen and oxygen atoms in total. The molecular weight excluding hydrogens is 523 g/mol. The summed E-state index contributed by atoms with van der Waals surface area (Å²) < 4.78 is 16.8. The van der Waals surface area contributed by atoms with E-state index in [2.05, 4.69) is 49.5 Å². The lowest BCUT2D eigenvalue weighted by molar-refractivity contribution is -0.0296. The SMILES string of the molecule is Cc1ccc2c(ncn2C2CCCCO2)c1B(O)O.Cc1ccc2c(ncn2C2CCCCO2)c1Br. The molecule has 10 heteroatoms. The second-order valence-electron chi connectivity index (χ2n) is 9.55. The number of aryl methyl sites for hydroxylation is 2. The first-order valence-electron chi connectivity index (χ1n) is 12.6. The molecule has 2 aliphatic rings. The maximum Gasteiger partial charge on any atom is 0.491 e. The molecule has 0 radical (unpaired) electrons. The van der Waals surface area contributed by atoms with Crippen molar-refractivity contribution < 1.29 is 19.5 Å². The third-order valence-electron chi connectivity index (χ3n) is 7.07.